The van der Waals surface area contributed by atoms with Gasteiger partial charge in [-0.15, -0.1) is 11.3 Å². The van der Waals surface area contributed by atoms with Crippen LogP contribution in [-0.4, -0.2) is 25.6 Å². The zero-order valence-corrected chi connectivity index (χ0v) is 11.0. The molecule has 100 valence electrons. The molecule has 0 aliphatic carbocycles. The van der Waals surface area contributed by atoms with E-state index in [2.05, 4.69) is 4.98 Å². The van der Waals surface area contributed by atoms with Crippen molar-refractivity contribution in [3.63, 3.8) is 0 Å². The summed E-state index contributed by atoms with van der Waals surface area (Å²) in [5, 5.41) is 11.3. The maximum Gasteiger partial charge on any atom is 0.342 e. The number of aromatic nitrogens is 3. The van der Waals surface area contributed by atoms with Crippen LogP contribution in [-0.2, 0) is 5.54 Å². The van der Waals surface area contributed by atoms with E-state index in [4.69, 9.17) is 5.11 Å². The van der Waals surface area contributed by atoms with Crippen molar-refractivity contribution in [2.75, 3.05) is 0 Å². The molecule has 0 atom stereocenters. The van der Waals surface area contributed by atoms with E-state index in [-0.39, 0.29) is 0 Å². The number of aromatic carboxylic acids is 1. The molecule has 0 bridgehead atoms. The first-order valence-corrected chi connectivity index (χ1v) is 6.21. The fourth-order valence-electron chi connectivity index (χ4n) is 1.67. The largest absolute Gasteiger partial charge is 0.477 e. The molecule has 2 heterocycles. The van der Waals surface area contributed by atoms with Gasteiger partial charge in [-0.05, 0) is 13.8 Å². The molecule has 19 heavy (non-hydrogen) atoms. The van der Waals surface area contributed by atoms with Crippen LogP contribution in [0.4, 0.5) is 0 Å². The quantitative estimate of drug-likeness (QED) is 0.851. The minimum Gasteiger partial charge on any atom is -0.477 e. The topological polar surface area (TPSA) is 105 Å². The number of rotatable bonds is 3. The van der Waals surface area contributed by atoms with Crippen LogP contribution in [0.5, 0.6) is 0 Å². The lowest BCUT2D eigenvalue weighted by molar-refractivity contribution is 0.0693. The molecule has 8 heteroatoms. The highest BCUT2D eigenvalue weighted by Gasteiger charge is 2.28. The highest BCUT2D eigenvalue weighted by atomic mass is 32.1. The van der Waals surface area contributed by atoms with Crippen LogP contribution >= 0.6 is 11.3 Å². The van der Waals surface area contributed by atoms with E-state index in [1.165, 1.54) is 11.3 Å². The third-order valence-corrected chi connectivity index (χ3v) is 3.82. The Labute approximate surface area is 111 Å². The van der Waals surface area contributed by atoms with E-state index in [0.29, 0.717) is 5.01 Å². The van der Waals surface area contributed by atoms with Crippen LogP contribution in [0.15, 0.2) is 27.4 Å². The van der Waals surface area contributed by atoms with Gasteiger partial charge in [-0.1, -0.05) is 0 Å². The maximum atomic E-state index is 11.8. The van der Waals surface area contributed by atoms with Crippen LogP contribution < -0.4 is 11.2 Å². The van der Waals surface area contributed by atoms with Gasteiger partial charge in [-0.25, -0.2) is 14.6 Å². The predicted octanol–water partition coefficient (Wildman–Crippen LogP) is 0.475. The average Bonchev–Trinajstić information content (AvgIpc) is 2.81. The fourth-order valence-corrected chi connectivity index (χ4v) is 2.43. The number of nitrogens with zero attached hydrogens (tertiary/aromatic N) is 2. The normalized spacial score (nSPS) is 11.5. The van der Waals surface area contributed by atoms with E-state index in [1.54, 1.807) is 25.4 Å². The van der Waals surface area contributed by atoms with Gasteiger partial charge < -0.3 is 5.11 Å². The first-order chi connectivity index (χ1) is 8.84. The van der Waals surface area contributed by atoms with Crippen molar-refractivity contribution >= 4 is 17.3 Å². The molecule has 2 aromatic rings. The maximum absolute atomic E-state index is 11.8. The summed E-state index contributed by atoms with van der Waals surface area (Å²) in [6, 6.07) is 0. The first-order valence-electron chi connectivity index (χ1n) is 5.34. The van der Waals surface area contributed by atoms with Crippen LogP contribution in [0.2, 0.25) is 0 Å². The lowest BCUT2D eigenvalue weighted by atomic mass is 10.1. The summed E-state index contributed by atoms with van der Waals surface area (Å²) in [6.45, 7) is 3.44. The number of carbonyl (C=O) groups is 1. The Hall–Kier alpha value is -2.22. The van der Waals surface area contributed by atoms with E-state index < -0.39 is 28.3 Å². The minimum atomic E-state index is -1.38. The van der Waals surface area contributed by atoms with Crippen molar-refractivity contribution in [1.82, 2.24) is 14.5 Å². The molecule has 2 aromatic heterocycles. The molecule has 0 amide bonds. The third-order valence-electron chi connectivity index (χ3n) is 2.73. The van der Waals surface area contributed by atoms with Gasteiger partial charge in [0.15, 0.2) is 0 Å². The molecule has 0 spiro atoms. The lowest BCUT2D eigenvalue weighted by Crippen LogP contribution is -2.42. The number of H-pyrrole nitrogens is 1. The summed E-state index contributed by atoms with van der Waals surface area (Å²) in [5.74, 6) is -1.38. The Bertz CT molecular complexity index is 727. The van der Waals surface area contributed by atoms with Gasteiger partial charge in [0.05, 0.1) is 5.54 Å². The predicted molar refractivity (Wildman–Crippen MR) is 68.8 cm³/mol. The van der Waals surface area contributed by atoms with Gasteiger partial charge in [0.1, 0.15) is 10.6 Å². The molecule has 0 aliphatic heterocycles. The summed E-state index contributed by atoms with van der Waals surface area (Å²) in [5.41, 5.74) is -2.91. The second-order valence-corrected chi connectivity index (χ2v) is 5.27. The molecule has 0 saturated carbocycles. The number of hydrogen-bond acceptors (Lipinski definition) is 5. The average molecular weight is 281 g/mol. The van der Waals surface area contributed by atoms with Crippen molar-refractivity contribution in [3.8, 4) is 0 Å². The van der Waals surface area contributed by atoms with E-state index >= 15 is 0 Å². The van der Waals surface area contributed by atoms with Crippen LogP contribution in [0.25, 0.3) is 0 Å². The summed E-state index contributed by atoms with van der Waals surface area (Å²) >= 11 is 1.34. The monoisotopic (exact) mass is 281 g/mol. The van der Waals surface area contributed by atoms with Crippen LogP contribution in [0.3, 0.4) is 0 Å². The zero-order chi connectivity index (χ0) is 14.2. The number of carboxylic acid groups (broad SMARTS) is 1. The molecule has 7 nitrogen and oxygen atoms in total. The van der Waals surface area contributed by atoms with Crippen molar-refractivity contribution in [2.24, 2.45) is 0 Å². The number of hydrogen-bond donors (Lipinski definition) is 2. The molecule has 0 radical (unpaired) electrons. The third kappa shape index (κ3) is 2.22. The Balaban J connectivity index is 2.70. The second-order valence-electron chi connectivity index (χ2n) is 4.37. The molecular weight excluding hydrogens is 270 g/mol. The first kappa shape index (κ1) is 13.2. The summed E-state index contributed by atoms with van der Waals surface area (Å²) < 4.78 is 1.16. The summed E-state index contributed by atoms with van der Waals surface area (Å²) in [7, 11) is 0. The molecule has 0 saturated heterocycles. The fraction of sp³-hybridized carbons (Fsp3) is 0.273. The number of thiazole rings is 1. The van der Waals surface area contributed by atoms with Crippen LogP contribution in [0.1, 0.15) is 29.2 Å². The SMILES string of the molecule is CC(C)(c1nccs1)n1cc(C(=O)O)c(=O)[nH]c1=O. The van der Waals surface area contributed by atoms with Crippen molar-refractivity contribution in [3.05, 3.63) is 49.2 Å². The highest BCUT2D eigenvalue weighted by molar-refractivity contribution is 7.09. The smallest absolute Gasteiger partial charge is 0.342 e. The zero-order valence-electron chi connectivity index (χ0n) is 10.2. The lowest BCUT2D eigenvalue weighted by Gasteiger charge is -2.24. The van der Waals surface area contributed by atoms with Gasteiger partial charge in [0.2, 0.25) is 0 Å². The van der Waals surface area contributed by atoms with Gasteiger partial charge in [0.25, 0.3) is 5.56 Å². The Morgan fingerprint density at radius 3 is 2.68 bits per heavy atom. The number of carboxylic acids is 1. The number of aromatic amines is 1. The van der Waals surface area contributed by atoms with E-state index in [9.17, 15) is 14.4 Å². The van der Waals surface area contributed by atoms with Crippen molar-refractivity contribution in [2.45, 2.75) is 19.4 Å². The molecule has 2 rings (SSSR count). The van der Waals surface area contributed by atoms with Gasteiger partial charge in [-0.2, -0.15) is 0 Å². The molecular formula is C11H11N3O4S. The van der Waals surface area contributed by atoms with Gasteiger partial charge >= 0.3 is 11.7 Å². The molecule has 0 aliphatic rings. The standard InChI is InChI=1S/C11H11N3O4S/c1-11(2,9-12-3-4-19-9)14-5-6(8(16)17)7(15)13-10(14)18/h3-5H,1-2H3,(H,16,17)(H,13,15,18). The van der Waals surface area contributed by atoms with Crippen molar-refractivity contribution < 1.29 is 9.90 Å². The Morgan fingerprint density at radius 2 is 2.16 bits per heavy atom. The summed E-state index contributed by atoms with van der Waals surface area (Å²) in [4.78, 5) is 40.3. The minimum absolute atomic E-state index is 0.482. The second kappa shape index (κ2) is 4.47. The van der Waals surface area contributed by atoms with E-state index in [0.717, 1.165) is 10.8 Å². The van der Waals surface area contributed by atoms with E-state index in [1.807, 2.05) is 4.98 Å². The molecule has 0 unspecified atom stereocenters. The number of nitrogens with one attached hydrogen (secondary N) is 1. The molecule has 0 aromatic carbocycles. The molecule has 0 fully saturated rings. The van der Waals surface area contributed by atoms with Crippen molar-refractivity contribution in [1.29, 1.82) is 0 Å². The van der Waals surface area contributed by atoms with Gasteiger partial charge in [-0.3, -0.25) is 14.3 Å². The highest BCUT2D eigenvalue weighted by Crippen LogP contribution is 2.25. The van der Waals surface area contributed by atoms with Crippen LogP contribution in [0, 0.1) is 0 Å². The Morgan fingerprint density at radius 1 is 1.47 bits per heavy atom. The van der Waals surface area contributed by atoms with Gasteiger partial charge in [0, 0.05) is 17.8 Å². The molecule has 2 N–H and O–H groups in total. The Kier molecular flexibility index (Phi) is 3.11. The summed E-state index contributed by atoms with van der Waals surface area (Å²) in [6.07, 6.45) is 2.64.